The lowest BCUT2D eigenvalue weighted by atomic mass is 9.88. The van der Waals surface area contributed by atoms with Crippen molar-refractivity contribution in [2.24, 2.45) is 11.8 Å². The van der Waals surface area contributed by atoms with Gasteiger partial charge in [0.2, 0.25) is 0 Å². The first-order chi connectivity index (χ1) is 29.1. The van der Waals surface area contributed by atoms with Crippen LogP contribution in [0.25, 0.3) is 0 Å². The molecule has 4 aromatic rings. The van der Waals surface area contributed by atoms with E-state index >= 15 is 0 Å². The highest BCUT2D eigenvalue weighted by molar-refractivity contribution is 5.90. The van der Waals surface area contributed by atoms with Gasteiger partial charge in [0.1, 0.15) is 0 Å². The standard InChI is InChI=1S/C40H34O20/c41-33(27-13-5-1-6-14-27)53-57-37(45)49-23-21-31(25-51-39(47)59-55-35(43)29-17-9-3-10-18-29)32(26-52-40(48)60-56-36(44)30-19-11-4-12-20-30)22-24-50-38(46)58-54-34(42)28-15-7-2-8-16-28/h1-20,31-32H,21-26H2. The van der Waals surface area contributed by atoms with Gasteiger partial charge in [-0.25, -0.2) is 58.3 Å². The molecule has 0 aliphatic carbocycles. The summed E-state index contributed by atoms with van der Waals surface area (Å²) in [6.45, 7) is -2.26. The Kier molecular flexibility index (Phi) is 18.2. The second-order valence-electron chi connectivity index (χ2n) is 11.7. The van der Waals surface area contributed by atoms with Crippen LogP contribution in [-0.2, 0) is 58.0 Å². The zero-order valence-electron chi connectivity index (χ0n) is 31.1. The summed E-state index contributed by atoms with van der Waals surface area (Å²) < 4.78 is 20.2. The lowest BCUT2D eigenvalue weighted by Crippen LogP contribution is -2.30. The van der Waals surface area contributed by atoms with Gasteiger partial charge in [-0.2, -0.15) is 19.2 Å². The van der Waals surface area contributed by atoms with Crippen molar-refractivity contribution in [3.05, 3.63) is 144 Å². The van der Waals surface area contributed by atoms with E-state index in [1.54, 1.807) is 48.5 Å². The number of hydrogen-bond donors (Lipinski definition) is 0. The van der Waals surface area contributed by atoms with Crippen molar-refractivity contribution in [2.45, 2.75) is 12.8 Å². The van der Waals surface area contributed by atoms with Gasteiger partial charge in [0.05, 0.1) is 48.7 Å². The summed E-state index contributed by atoms with van der Waals surface area (Å²) in [5.41, 5.74) is 0.239. The van der Waals surface area contributed by atoms with Crippen LogP contribution in [0.15, 0.2) is 121 Å². The van der Waals surface area contributed by atoms with Gasteiger partial charge < -0.3 is 18.9 Å². The van der Waals surface area contributed by atoms with Gasteiger partial charge in [-0.1, -0.05) is 72.8 Å². The van der Waals surface area contributed by atoms with Gasteiger partial charge in [0.15, 0.2) is 0 Å². The molecule has 0 aliphatic rings. The highest BCUT2D eigenvalue weighted by Crippen LogP contribution is 2.23. The molecule has 2 unspecified atom stereocenters. The summed E-state index contributed by atoms with van der Waals surface area (Å²) in [5, 5.41) is 0. The maximum absolute atomic E-state index is 12.5. The van der Waals surface area contributed by atoms with Crippen molar-refractivity contribution in [1.82, 2.24) is 0 Å². The third-order valence-electron chi connectivity index (χ3n) is 7.69. The van der Waals surface area contributed by atoms with E-state index in [1.807, 2.05) is 0 Å². The number of benzene rings is 4. The predicted molar refractivity (Wildman–Crippen MR) is 193 cm³/mol. The normalized spacial score (nSPS) is 11.1. The molecule has 0 radical (unpaired) electrons. The fourth-order valence-electron chi connectivity index (χ4n) is 4.72. The number of hydrogen-bond acceptors (Lipinski definition) is 20. The molecular formula is C40H34O20. The Bertz CT molecular complexity index is 1880. The molecule has 60 heavy (non-hydrogen) atoms. The van der Waals surface area contributed by atoms with Crippen molar-refractivity contribution in [3.8, 4) is 0 Å². The minimum atomic E-state index is -1.50. The Balaban J connectivity index is 1.40. The SMILES string of the molecule is O=C(OCCC(COC(=O)OOC(=O)c1ccccc1)C(CCOC(=O)OOC(=O)c1ccccc1)COC(=O)OOC(=O)c1ccccc1)OOC(=O)c1ccccc1. The topological polar surface area (TPSA) is 247 Å². The van der Waals surface area contributed by atoms with Gasteiger partial charge in [-0.05, 0) is 61.4 Å². The van der Waals surface area contributed by atoms with Gasteiger partial charge in [-0.15, -0.1) is 0 Å². The number of carbonyl (C=O) groups excluding carboxylic acids is 8. The number of rotatable bonds is 15. The van der Waals surface area contributed by atoms with E-state index in [9.17, 15) is 38.4 Å². The highest BCUT2D eigenvalue weighted by atomic mass is 17.3. The Hall–Kier alpha value is -8.16. The lowest BCUT2D eigenvalue weighted by Gasteiger charge is -2.25. The second kappa shape index (κ2) is 24.5. The molecule has 0 spiro atoms. The highest BCUT2D eigenvalue weighted by Gasteiger charge is 2.28. The molecule has 0 saturated carbocycles. The van der Waals surface area contributed by atoms with Crippen LogP contribution in [0.4, 0.5) is 19.2 Å². The largest absolute Gasteiger partial charge is 0.549 e. The van der Waals surface area contributed by atoms with E-state index in [4.69, 9.17) is 18.9 Å². The van der Waals surface area contributed by atoms with Gasteiger partial charge >= 0.3 is 48.5 Å². The van der Waals surface area contributed by atoms with Crippen LogP contribution >= 0.6 is 0 Å². The van der Waals surface area contributed by atoms with Crippen LogP contribution in [0.5, 0.6) is 0 Å². The predicted octanol–water partition coefficient (Wildman–Crippen LogP) is 6.70. The zero-order chi connectivity index (χ0) is 43.0. The van der Waals surface area contributed by atoms with Gasteiger partial charge in [0.25, 0.3) is 0 Å². The van der Waals surface area contributed by atoms with Crippen molar-refractivity contribution in [3.63, 3.8) is 0 Å². The quantitative estimate of drug-likeness (QED) is 0.0523. The summed E-state index contributed by atoms with van der Waals surface area (Å²) in [5.74, 6) is -6.07. The zero-order valence-corrected chi connectivity index (χ0v) is 31.1. The summed E-state index contributed by atoms with van der Waals surface area (Å²) in [4.78, 5) is 134. The summed E-state index contributed by atoms with van der Waals surface area (Å²) in [7, 11) is 0. The van der Waals surface area contributed by atoms with Crippen LogP contribution < -0.4 is 0 Å². The Morgan fingerprint density at radius 2 is 0.550 bits per heavy atom. The fraction of sp³-hybridized carbons (Fsp3) is 0.200. The first kappa shape index (κ1) is 44.6. The molecule has 20 heteroatoms. The maximum Gasteiger partial charge on any atom is 0.549 e. The molecule has 0 aliphatic heterocycles. The summed E-state index contributed by atoms with van der Waals surface area (Å²) >= 11 is 0. The molecular weight excluding hydrogens is 800 g/mol. The van der Waals surface area contributed by atoms with Crippen molar-refractivity contribution < 1.29 is 96.4 Å². The van der Waals surface area contributed by atoms with Crippen LogP contribution in [0.3, 0.4) is 0 Å². The smallest absolute Gasteiger partial charge is 0.432 e. The van der Waals surface area contributed by atoms with E-state index in [-0.39, 0.29) is 35.1 Å². The second-order valence-corrected chi connectivity index (χ2v) is 11.7. The minimum Gasteiger partial charge on any atom is -0.432 e. The monoisotopic (exact) mass is 834 g/mol. The Labute approximate surface area is 339 Å². The molecule has 4 rings (SSSR count). The molecule has 0 saturated heterocycles. The van der Waals surface area contributed by atoms with E-state index in [0.29, 0.717) is 0 Å². The molecule has 0 amide bonds. The average Bonchev–Trinajstić information content (AvgIpc) is 3.29. The Morgan fingerprint density at radius 3 is 0.800 bits per heavy atom. The Morgan fingerprint density at radius 1 is 0.317 bits per heavy atom. The molecule has 2 atom stereocenters. The third-order valence-corrected chi connectivity index (χ3v) is 7.69. The summed E-state index contributed by atoms with van der Waals surface area (Å²) in [6.07, 6.45) is -6.35. The molecule has 0 N–H and O–H groups in total. The molecule has 20 nitrogen and oxygen atoms in total. The van der Waals surface area contributed by atoms with E-state index < -0.39 is 86.8 Å². The first-order valence-corrected chi connectivity index (χ1v) is 17.5. The summed E-state index contributed by atoms with van der Waals surface area (Å²) in [6, 6.07) is 30.1. The van der Waals surface area contributed by atoms with E-state index in [0.717, 1.165) is 0 Å². The number of ether oxygens (including phenoxy) is 4. The van der Waals surface area contributed by atoms with Crippen LogP contribution in [-0.4, -0.2) is 74.9 Å². The molecule has 314 valence electrons. The van der Waals surface area contributed by atoms with Gasteiger partial charge in [-0.3, -0.25) is 0 Å². The maximum atomic E-state index is 12.5. The molecule has 0 bridgehead atoms. The minimum absolute atomic E-state index is 0.0496. The van der Waals surface area contributed by atoms with E-state index in [1.165, 1.54) is 72.8 Å². The molecule has 0 fully saturated rings. The number of carbonyl (C=O) groups is 8. The van der Waals surface area contributed by atoms with Crippen LogP contribution in [0, 0.1) is 11.8 Å². The van der Waals surface area contributed by atoms with Crippen molar-refractivity contribution in [2.75, 3.05) is 26.4 Å². The van der Waals surface area contributed by atoms with Gasteiger partial charge in [0, 0.05) is 11.8 Å². The average molecular weight is 835 g/mol. The van der Waals surface area contributed by atoms with Crippen molar-refractivity contribution >= 4 is 48.5 Å². The first-order valence-electron chi connectivity index (χ1n) is 17.5. The lowest BCUT2D eigenvalue weighted by molar-refractivity contribution is -0.208. The molecule has 0 heterocycles. The molecule has 0 aromatic heterocycles. The van der Waals surface area contributed by atoms with Crippen molar-refractivity contribution in [1.29, 1.82) is 0 Å². The fourth-order valence-corrected chi connectivity index (χ4v) is 4.72. The van der Waals surface area contributed by atoms with Crippen LogP contribution in [0.2, 0.25) is 0 Å². The van der Waals surface area contributed by atoms with E-state index in [2.05, 4.69) is 39.1 Å². The molecule has 4 aromatic carbocycles. The third kappa shape index (κ3) is 16.1. The van der Waals surface area contributed by atoms with Crippen LogP contribution in [0.1, 0.15) is 54.3 Å².